The van der Waals surface area contributed by atoms with Gasteiger partial charge in [0.1, 0.15) is 0 Å². The number of hydrogen-bond donors (Lipinski definition) is 1. The molecule has 62 valence electrons. The molecule has 2 heterocycles. The Balaban J connectivity index is 1.96. The van der Waals surface area contributed by atoms with E-state index in [1.165, 1.54) is 12.8 Å². The lowest BCUT2D eigenvalue weighted by molar-refractivity contribution is -0.119. The molecule has 0 aromatic rings. The Morgan fingerprint density at radius 1 is 1.45 bits per heavy atom. The molecule has 3 heteroatoms. The van der Waals surface area contributed by atoms with Crippen LogP contribution in [0.2, 0.25) is 0 Å². The number of rotatable bonds is 1. The minimum atomic E-state index is 0.592. The van der Waals surface area contributed by atoms with Crippen LogP contribution < -0.4 is 5.32 Å². The van der Waals surface area contributed by atoms with Crippen molar-refractivity contribution in [2.75, 3.05) is 19.6 Å². The fraction of sp³-hybridized carbons (Fsp3) is 0.875. The Bertz CT molecular complexity index is 160. The molecule has 2 atom stereocenters. The summed E-state index contributed by atoms with van der Waals surface area (Å²) in [5.41, 5.74) is 0. The van der Waals surface area contributed by atoms with Crippen LogP contribution in [0.15, 0.2) is 0 Å². The maximum Gasteiger partial charge on any atom is 0.209 e. The van der Waals surface area contributed by atoms with Gasteiger partial charge in [0.25, 0.3) is 0 Å². The average molecular weight is 154 g/mol. The van der Waals surface area contributed by atoms with Gasteiger partial charge in [-0.25, -0.2) is 0 Å². The van der Waals surface area contributed by atoms with Crippen LogP contribution >= 0.6 is 0 Å². The number of amides is 1. The lowest BCUT2D eigenvalue weighted by Gasteiger charge is -2.32. The lowest BCUT2D eigenvalue weighted by atomic mass is 9.93. The Kier molecular flexibility index (Phi) is 1.82. The maximum absolute atomic E-state index is 10.4. The number of carbonyl (C=O) groups excluding carboxylic acids is 1. The molecule has 0 unspecified atom stereocenters. The number of nitrogens with one attached hydrogen (secondary N) is 1. The normalized spacial score (nSPS) is 36.9. The molecule has 0 aliphatic carbocycles. The number of carbonyl (C=O) groups is 1. The van der Waals surface area contributed by atoms with Crippen molar-refractivity contribution in [2.24, 2.45) is 5.92 Å². The quantitative estimate of drug-likeness (QED) is 0.532. The summed E-state index contributed by atoms with van der Waals surface area (Å²) in [4.78, 5) is 12.3. The van der Waals surface area contributed by atoms with Crippen molar-refractivity contribution in [3.63, 3.8) is 0 Å². The second kappa shape index (κ2) is 2.81. The molecule has 0 radical (unpaired) electrons. The Labute approximate surface area is 66.8 Å². The van der Waals surface area contributed by atoms with Crippen LogP contribution in [-0.2, 0) is 4.79 Å². The number of piperidine rings is 1. The van der Waals surface area contributed by atoms with E-state index in [4.69, 9.17) is 0 Å². The Morgan fingerprint density at radius 3 is 3.18 bits per heavy atom. The van der Waals surface area contributed by atoms with Gasteiger partial charge in [0, 0.05) is 19.1 Å². The summed E-state index contributed by atoms with van der Waals surface area (Å²) in [6, 6.07) is 0.592. The second-order valence-electron chi connectivity index (χ2n) is 3.50. The third kappa shape index (κ3) is 1.25. The van der Waals surface area contributed by atoms with Crippen molar-refractivity contribution in [1.82, 2.24) is 10.2 Å². The van der Waals surface area contributed by atoms with Crippen LogP contribution in [-0.4, -0.2) is 37.0 Å². The van der Waals surface area contributed by atoms with Gasteiger partial charge in [0.15, 0.2) is 0 Å². The molecule has 2 aliphatic rings. The first-order chi connectivity index (χ1) is 5.40. The van der Waals surface area contributed by atoms with E-state index in [9.17, 15) is 4.79 Å². The van der Waals surface area contributed by atoms with Crippen LogP contribution in [0.5, 0.6) is 0 Å². The van der Waals surface area contributed by atoms with Gasteiger partial charge in [-0.1, -0.05) is 0 Å². The topological polar surface area (TPSA) is 32.3 Å². The molecule has 1 amide bonds. The first kappa shape index (κ1) is 7.10. The van der Waals surface area contributed by atoms with Gasteiger partial charge in [0.2, 0.25) is 6.41 Å². The molecular weight excluding hydrogens is 140 g/mol. The molecular formula is C8H14N2O. The lowest BCUT2D eigenvalue weighted by Crippen LogP contribution is -2.45. The smallest absolute Gasteiger partial charge is 0.209 e. The highest BCUT2D eigenvalue weighted by Crippen LogP contribution is 2.23. The summed E-state index contributed by atoms with van der Waals surface area (Å²) < 4.78 is 0. The molecule has 0 saturated carbocycles. The molecule has 2 fully saturated rings. The zero-order valence-electron chi connectivity index (χ0n) is 6.62. The van der Waals surface area contributed by atoms with Crippen molar-refractivity contribution < 1.29 is 4.79 Å². The van der Waals surface area contributed by atoms with E-state index in [0.29, 0.717) is 6.04 Å². The third-order valence-electron chi connectivity index (χ3n) is 2.86. The fourth-order valence-electron chi connectivity index (χ4n) is 2.15. The first-order valence-corrected chi connectivity index (χ1v) is 4.33. The van der Waals surface area contributed by atoms with Gasteiger partial charge < -0.3 is 10.2 Å². The summed E-state index contributed by atoms with van der Waals surface area (Å²) in [7, 11) is 0. The SMILES string of the molecule is O=CN1CC[C@H]2CCN[C@H]2C1. The number of hydrogen-bond acceptors (Lipinski definition) is 2. The van der Waals surface area contributed by atoms with Crippen LogP contribution in [0.1, 0.15) is 12.8 Å². The van der Waals surface area contributed by atoms with Gasteiger partial charge >= 0.3 is 0 Å². The summed E-state index contributed by atoms with van der Waals surface area (Å²) >= 11 is 0. The molecule has 2 aliphatic heterocycles. The molecule has 0 aromatic carbocycles. The highest BCUT2D eigenvalue weighted by Gasteiger charge is 2.31. The molecule has 2 rings (SSSR count). The van der Waals surface area contributed by atoms with Crippen LogP contribution in [0, 0.1) is 5.92 Å². The van der Waals surface area contributed by atoms with E-state index in [0.717, 1.165) is 32.0 Å². The molecule has 0 aromatic heterocycles. The molecule has 0 bridgehead atoms. The van der Waals surface area contributed by atoms with E-state index < -0.39 is 0 Å². The zero-order valence-corrected chi connectivity index (χ0v) is 6.62. The van der Waals surface area contributed by atoms with E-state index in [-0.39, 0.29) is 0 Å². The minimum Gasteiger partial charge on any atom is -0.344 e. The second-order valence-corrected chi connectivity index (χ2v) is 3.50. The highest BCUT2D eigenvalue weighted by molar-refractivity contribution is 5.47. The summed E-state index contributed by atoms with van der Waals surface area (Å²) in [5.74, 6) is 0.839. The summed E-state index contributed by atoms with van der Waals surface area (Å²) in [6.45, 7) is 3.03. The Morgan fingerprint density at radius 2 is 2.36 bits per heavy atom. The van der Waals surface area contributed by atoms with Crippen molar-refractivity contribution in [2.45, 2.75) is 18.9 Å². The number of nitrogens with zero attached hydrogens (tertiary/aromatic N) is 1. The minimum absolute atomic E-state index is 0.592. The monoisotopic (exact) mass is 154 g/mol. The fourth-order valence-corrected chi connectivity index (χ4v) is 2.15. The zero-order chi connectivity index (χ0) is 7.68. The predicted molar refractivity (Wildman–Crippen MR) is 42.2 cm³/mol. The number of fused-ring (bicyclic) bond motifs is 1. The van der Waals surface area contributed by atoms with Gasteiger partial charge in [0.05, 0.1) is 0 Å². The van der Waals surface area contributed by atoms with Crippen molar-refractivity contribution in [3.05, 3.63) is 0 Å². The molecule has 11 heavy (non-hydrogen) atoms. The van der Waals surface area contributed by atoms with Crippen molar-refractivity contribution in [1.29, 1.82) is 0 Å². The Hall–Kier alpha value is -0.570. The van der Waals surface area contributed by atoms with E-state index >= 15 is 0 Å². The largest absolute Gasteiger partial charge is 0.344 e. The van der Waals surface area contributed by atoms with Gasteiger partial charge in [-0.15, -0.1) is 0 Å². The van der Waals surface area contributed by atoms with Crippen LogP contribution in [0.4, 0.5) is 0 Å². The summed E-state index contributed by atoms with van der Waals surface area (Å²) in [6.07, 6.45) is 3.46. The molecule has 1 N–H and O–H groups in total. The maximum atomic E-state index is 10.4. The van der Waals surface area contributed by atoms with Gasteiger partial charge in [-0.05, 0) is 25.3 Å². The third-order valence-corrected chi connectivity index (χ3v) is 2.86. The molecule has 2 saturated heterocycles. The number of likely N-dealkylation sites (tertiary alicyclic amines) is 1. The first-order valence-electron chi connectivity index (χ1n) is 4.33. The van der Waals surface area contributed by atoms with Gasteiger partial charge in [-0.3, -0.25) is 4.79 Å². The van der Waals surface area contributed by atoms with Crippen molar-refractivity contribution >= 4 is 6.41 Å². The molecule has 0 spiro atoms. The van der Waals surface area contributed by atoms with Crippen molar-refractivity contribution in [3.8, 4) is 0 Å². The standard InChI is InChI=1S/C8H14N2O/c11-6-10-4-2-7-1-3-9-8(7)5-10/h6-9H,1-5H2/t7-,8+/m1/s1. The summed E-state index contributed by atoms with van der Waals surface area (Å²) in [5, 5.41) is 3.42. The van der Waals surface area contributed by atoms with E-state index in [1.807, 2.05) is 4.90 Å². The van der Waals surface area contributed by atoms with Gasteiger partial charge in [-0.2, -0.15) is 0 Å². The average Bonchev–Trinajstić information content (AvgIpc) is 2.50. The predicted octanol–water partition coefficient (Wildman–Crippen LogP) is -0.173. The van der Waals surface area contributed by atoms with Crippen LogP contribution in [0.25, 0.3) is 0 Å². The van der Waals surface area contributed by atoms with E-state index in [1.54, 1.807) is 0 Å². The highest BCUT2D eigenvalue weighted by atomic mass is 16.1. The van der Waals surface area contributed by atoms with E-state index in [2.05, 4.69) is 5.32 Å². The molecule has 3 nitrogen and oxygen atoms in total. The van der Waals surface area contributed by atoms with Crippen LogP contribution in [0.3, 0.4) is 0 Å².